The molecule has 0 saturated carbocycles. The average molecular weight is 253 g/mol. The Balaban J connectivity index is 2.13. The van der Waals surface area contributed by atoms with Crippen molar-refractivity contribution in [3.05, 3.63) is 36.9 Å². The Morgan fingerprint density at radius 3 is 2.18 bits per heavy atom. The molecule has 5 heteroatoms. The number of sulfonamides is 1. The lowest BCUT2D eigenvalue weighted by Gasteiger charge is -2.34. The number of piperidine rings is 1. The van der Waals surface area contributed by atoms with Crippen molar-refractivity contribution in [2.24, 2.45) is 5.14 Å². The summed E-state index contributed by atoms with van der Waals surface area (Å²) < 4.78 is 22.3. The molecule has 4 nitrogen and oxygen atoms in total. The standard InChI is InChI=1S/C12H17N2O2S/c1-14-8-6-11(7-9-14)10-2-4-12(5-3-10)17(13,15)16/h2-5,11H,1,6-9H2,(H2,13,15,16)/q-1. The molecule has 1 aromatic carbocycles. The summed E-state index contributed by atoms with van der Waals surface area (Å²) in [4.78, 5) is 2.24. The number of likely N-dealkylation sites (tertiary alicyclic amines) is 1. The number of hydrogen-bond acceptors (Lipinski definition) is 3. The van der Waals surface area contributed by atoms with Crippen molar-refractivity contribution in [2.45, 2.75) is 23.7 Å². The van der Waals surface area contributed by atoms with E-state index in [9.17, 15) is 8.42 Å². The second-order valence-electron chi connectivity index (χ2n) is 4.51. The minimum Gasteiger partial charge on any atom is -0.459 e. The molecule has 1 aromatic rings. The van der Waals surface area contributed by atoms with Crippen LogP contribution in [-0.4, -0.2) is 26.4 Å². The molecule has 2 N–H and O–H groups in total. The normalized spacial score (nSPS) is 19.4. The Kier molecular flexibility index (Phi) is 3.51. The largest absolute Gasteiger partial charge is 0.459 e. The van der Waals surface area contributed by atoms with Gasteiger partial charge < -0.3 is 4.90 Å². The van der Waals surface area contributed by atoms with Crippen LogP contribution >= 0.6 is 0 Å². The van der Waals surface area contributed by atoms with Crippen molar-refractivity contribution >= 4 is 10.0 Å². The topological polar surface area (TPSA) is 63.4 Å². The second-order valence-corrected chi connectivity index (χ2v) is 6.07. The van der Waals surface area contributed by atoms with Gasteiger partial charge in [-0.1, -0.05) is 12.1 Å². The highest BCUT2D eigenvalue weighted by Gasteiger charge is 2.16. The van der Waals surface area contributed by atoms with Crippen molar-refractivity contribution in [2.75, 3.05) is 13.1 Å². The number of primary sulfonamides is 1. The van der Waals surface area contributed by atoms with E-state index in [-0.39, 0.29) is 4.90 Å². The Morgan fingerprint density at radius 2 is 1.71 bits per heavy atom. The fourth-order valence-electron chi connectivity index (χ4n) is 2.20. The Hall–Kier alpha value is -0.910. The SMILES string of the molecule is [CH2-]N1CCC(c2ccc(S(N)(=O)=O)cc2)CC1. The van der Waals surface area contributed by atoms with E-state index in [0.717, 1.165) is 25.9 Å². The highest BCUT2D eigenvalue weighted by atomic mass is 32.2. The summed E-state index contributed by atoms with van der Waals surface area (Å²) in [6.45, 7) is 1.98. The highest BCUT2D eigenvalue weighted by molar-refractivity contribution is 7.89. The number of rotatable bonds is 2. The molecule has 1 heterocycles. The van der Waals surface area contributed by atoms with Crippen LogP contribution in [0.2, 0.25) is 0 Å². The van der Waals surface area contributed by atoms with E-state index in [2.05, 4.69) is 11.9 Å². The van der Waals surface area contributed by atoms with Gasteiger partial charge in [0.2, 0.25) is 10.0 Å². The van der Waals surface area contributed by atoms with Gasteiger partial charge in [-0.2, -0.15) is 0 Å². The van der Waals surface area contributed by atoms with Crippen LogP contribution in [0, 0.1) is 7.05 Å². The van der Waals surface area contributed by atoms with Gasteiger partial charge in [-0.25, -0.2) is 13.6 Å². The van der Waals surface area contributed by atoms with Gasteiger partial charge in [-0.3, -0.25) is 7.05 Å². The van der Waals surface area contributed by atoms with E-state index in [4.69, 9.17) is 5.14 Å². The third-order valence-corrected chi connectivity index (χ3v) is 4.20. The molecule has 1 aliphatic heterocycles. The number of nitrogens with two attached hydrogens (primary N) is 1. The lowest BCUT2D eigenvalue weighted by molar-refractivity contribution is 0.280. The van der Waals surface area contributed by atoms with Crippen LogP contribution in [0.1, 0.15) is 24.3 Å². The molecular weight excluding hydrogens is 236 g/mol. The van der Waals surface area contributed by atoms with Crippen molar-refractivity contribution in [3.63, 3.8) is 0 Å². The van der Waals surface area contributed by atoms with Crippen molar-refractivity contribution in [1.29, 1.82) is 0 Å². The number of hydrogen-bond donors (Lipinski definition) is 1. The molecule has 94 valence electrons. The van der Waals surface area contributed by atoms with Crippen LogP contribution in [0.3, 0.4) is 0 Å². The van der Waals surface area contributed by atoms with Gasteiger partial charge in [0, 0.05) is 0 Å². The minimum atomic E-state index is -3.58. The molecule has 0 spiro atoms. The first-order valence-electron chi connectivity index (χ1n) is 5.65. The van der Waals surface area contributed by atoms with Crippen molar-refractivity contribution in [3.8, 4) is 0 Å². The first-order valence-corrected chi connectivity index (χ1v) is 7.19. The molecule has 0 amide bonds. The molecule has 0 aliphatic carbocycles. The summed E-state index contributed by atoms with van der Waals surface area (Å²) in [5.41, 5.74) is 1.19. The predicted molar refractivity (Wildman–Crippen MR) is 66.7 cm³/mol. The third-order valence-electron chi connectivity index (χ3n) is 3.27. The zero-order valence-electron chi connectivity index (χ0n) is 9.67. The van der Waals surface area contributed by atoms with Gasteiger partial charge in [0.05, 0.1) is 4.90 Å². The first kappa shape index (κ1) is 12.5. The maximum Gasteiger partial charge on any atom is 0.238 e. The zero-order valence-corrected chi connectivity index (χ0v) is 10.5. The van der Waals surface area contributed by atoms with Gasteiger partial charge in [0.15, 0.2) is 0 Å². The summed E-state index contributed by atoms with van der Waals surface area (Å²) in [7, 11) is 0.332. The molecule has 2 rings (SSSR count). The lowest BCUT2D eigenvalue weighted by atomic mass is 9.90. The van der Waals surface area contributed by atoms with E-state index in [1.165, 1.54) is 5.56 Å². The monoisotopic (exact) mass is 253 g/mol. The number of benzene rings is 1. The zero-order chi connectivity index (χ0) is 12.5. The summed E-state index contributed by atoms with van der Waals surface area (Å²) in [6.07, 6.45) is 2.14. The van der Waals surface area contributed by atoms with Crippen LogP contribution in [0.4, 0.5) is 0 Å². The fourth-order valence-corrected chi connectivity index (χ4v) is 2.71. The molecule has 1 fully saturated rings. The second kappa shape index (κ2) is 4.76. The predicted octanol–water partition coefficient (Wildman–Crippen LogP) is 1.30. The minimum absolute atomic E-state index is 0.177. The van der Waals surface area contributed by atoms with E-state index >= 15 is 0 Å². The van der Waals surface area contributed by atoms with Gasteiger partial charge >= 0.3 is 0 Å². The maximum absolute atomic E-state index is 11.1. The van der Waals surface area contributed by atoms with Crippen LogP contribution in [-0.2, 0) is 10.0 Å². The highest BCUT2D eigenvalue weighted by Crippen LogP contribution is 2.28. The van der Waals surface area contributed by atoms with Gasteiger partial charge in [0.1, 0.15) is 0 Å². The van der Waals surface area contributed by atoms with Gasteiger partial charge in [-0.05, 0) is 49.5 Å². The van der Waals surface area contributed by atoms with Crippen LogP contribution in [0.15, 0.2) is 29.2 Å². The Morgan fingerprint density at radius 1 is 1.18 bits per heavy atom. The molecule has 0 radical (unpaired) electrons. The summed E-state index contributed by atoms with van der Waals surface area (Å²) in [5, 5.41) is 5.06. The van der Waals surface area contributed by atoms with Gasteiger partial charge in [0.25, 0.3) is 0 Å². The van der Waals surface area contributed by atoms with Crippen molar-refractivity contribution in [1.82, 2.24) is 4.90 Å². The molecular formula is C12H17N2O2S-. The van der Waals surface area contributed by atoms with E-state index < -0.39 is 10.0 Å². The van der Waals surface area contributed by atoms with E-state index in [1.807, 2.05) is 12.1 Å². The number of nitrogens with zero attached hydrogens (tertiary/aromatic N) is 1. The third kappa shape index (κ3) is 3.06. The lowest BCUT2D eigenvalue weighted by Crippen LogP contribution is -2.27. The van der Waals surface area contributed by atoms with Crippen molar-refractivity contribution < 1.29 is 8.42 Å². The first-order chi connectivity index (χ1) is 7.97. The summed E-state index contributed by atoms with van der Waals surface area (Å²) >= 11 is 0. The van der Waals surface area contributed by atoms with E-state index in [1.54, 1.807) is 12.1 Å². The molecule has 17 heavy (non-hydrogen) atoms. The Bertz CT molecular complexity index is 474. The Labute approximate surface area is 102 Å². The quantitative estimate of drug-likeness (QED) is 0.808. The molecule has 0 aromatic heterocycles. The van der Waals surface area contributed by atoms with E-state index in [0.29, 0.717) is 5.92 Å². The smallest absolute Gasteiger partial charge is 0.238 e. The molecule has 1 saturated heterocycles. The molecule has 0 unspecified atom stereocenters. The van der Waals surface area contributed by atoms with Gasteiger partial charge in [-0.15, -0.1) is 0 Å². The molecule has 1 aliphatic rings. The molecule has 0 bridgehead atoms. The summed E-state index contributed by atoms with van der Waals surface area (Å²) in [6, 6.07) is 6.90. The molecule has 0 atom stereocenters. The fraction of sp³-hybridized carbons (Fsp3) is 0.417. The van der Waals surface area contributed by atoms with Crippen LogP contribution in [0.5, 0.6) is 0 Å². The summed E-state index contributed by atoms with van der Waals surface area (Å²) in [5.74, 6) is 0.502. The van der Waals surface area contributed by atoms with Crippen LogP contribution in [0.25, 0.3) is 0 Å². The maximum atomic E-state index is 11.1. The average Bonchev–Trinajstić information content (AvgIpc) is 2.29. The van der Waals surface area contributed by atoms with Crippen LogP contribution < -0.4 is 5.14 Å².